The number of pyridine rings is 2. The summed E-state index contributed by atoms with van der Waals surface area (Å²) in [7, 11) is 0. The summed E-state index contributed by atoms with van der Waals surface area (Å²) in [6.07, 6.45) is -2.24. The summed E-state index contributed by atoms with van der Waals surface area (Å²) < 4.78 is 46.5. The van der Waals surface area contributed by atoms with Crippen LogP contribution in [0, 0.1) is 19.3 Å². The van der Waals surface area contributed by atoms with Crippen molar-refractivity contribution in [3.05, 3.63) is 53.1 Å². The van der Waals surface area contributed by atoms with Crippen LogP contribution >= 0.6 is 0 Å². The Morgan fingerprint density at radius 3 is 2.55 bits per heavy atom. The Morgan fingerprint density at radius 1 is 1.03 bits per heavy atom. The SMILES string of the molecule is Cc1cc(C2CN(c3nc(C45CC(C(F)(F)F)(C4)C5)c4ccc(C)nc4n3)CCO2)ccn1. The molecule has 33 heavy (non-hydrogen) atoms. The van der Waals surface area contributed by atoms with Crippen LogP contribution in [0.4, 0.5) is 19.1 Å². The predicted octanol–water partition coefficient (Wildman–Crippen LogP) is 4.60. The lowest BCUT2D eigenvalue weighted by molar-refractivity contribution is -0.337. The van der Waals surface area contributed by atoms with Gasteiger partial charge < -0.3 is 9.64 Å². The Balaban J connectivity index is 1.37. The molecule has 9 heteroatoms. The van der Waals surface area contributed by atoms with E-state index in [-0.39, 0.29) is 25.4 Å². The lowest BCUT2D eigenvalue weighted by Crippen LogP contribution is -2.70. The maximum Gasteiger partial charge on any atom is 0.394 e. The number of halogens is 3. The number of alkyl halides is 3. The summed E-state index contributed by atoms with van der Waals surface area (Å²) in [4.78, 5) is 20.5. The zero-order chi connectivity index (χ0) is 23.0. The molecule has 0 spiro atoms. The van der Waals surface area contributed by atoms with Crippen LogP contribution in [0.2, 0.25) is 0 Å². The van der Waals surface area contributed by atoms with Crippen LogP contribution in [0.15, 0.2) is 30.5 Å². The van der Waals surface area contributed by atoms with E-state index in [1.54, 1.807) is 6.20 Å². The standard InChI is InChI=1S/C24H24F3N5O/c1-14-3-4-17-19(22-11-23(12-22,13-22)24(25,26)27)30-21(31-20(17)29-14)32-7-8-33-18(10-32)16-5-6-28-15(2)9-16/h3-6,9,18H,7-8,10-13H2,1-2H3. The number of nitrogens with zero attached hydrogens (tertiary/aromatic N) is 5. The molecule has 3 saturated carbocycles. The van der Waals surface area contributed by atoms with Gasteiger partial charge in [-0.05, 0) is 62.9 Å². The Hall–Kier alpha value is -2.81. The van der Waals surface area contributed by atoms with Gasteiger partial charge >= 0.3 is 6.18 Å². The first-order chi connectivity index (χ1) is 15.7. The van der Waals surface area contributed by atoms with Crippen LogP contribution in [0.1, 0.15) is 48.0 Å². The quantitative estimate of drug-likeness (QED) is 0.575. The molecule has 3 aromatic rings. The number of rotatable bonds is 3. The summed E-state index contributed by atoms with van der Waals surface area (Å²) in [5.41, 5.74) is 1.96. The van der Waals surface area contributed by atoms with E-state index in [0.717, 1.165) is 22.3 Å². The number of fused-ring (bicyclic) bond motifs is 1. The van der Waals surface area contributed by atoms with Crippen molar-refractivity contribution in [3.63, 3.8) is 0 Å². The van der Waals surface area contributed by atoms with E-state index in [1.807, 2.05) is 38.1 Å². The average molecular weight is 455 g/mol. The molecule has 3 aromatic heterocycles. The second-order valence-corrected chi connectivity index (χ2v) is 9.82. The maximum absolute atomic E-state index is 13.5. The van der Waals surface area contributed by atoms with Crippen LogP contribution in [-0.2, 0) is 10.2 Å². The van der Waals surface area contributed by atoms with Gasteiger partial charge in [0, 0.05) is 34.9 Å². The molecular weight excluding hydrogens is 431 g/mol. The normalized spacial score (nSPS) is 29.0. The van der Waals surface area contributed by atoms with Crippen molar-refractivity contribution >= 4 is 17.0 Å². The number of anilines is 1. The first-order valence-electron chi connectivity index (χ1n) is 11.2. The van der Waals surface area contributed by atoms with E-state index in [9.17, 15) is 13.2 Å². The summed E-state index contributed by atoms with van der Waals surface area (Å²) in [6.45, 7) is 5.49. The molecule has 3 aliphatic carbocycles. The van der Waals surface area contributed by atoms with Gasteiger partial charge in [-0.15, -0.1) is 0 Å². The van der Waals surface area contributed by atoms with E-state index >= 15 is 0 Å². The Kier molecular flexibility index (Phi) is 4.31. The highest BCUT2D eigenvalue weighted by molar-refractivity contribution is 5.81. The van der Waals surface area contributed by atoms with Crippen molar-refractivity contribution in [1.82, 2.24) is 19.9 Å². The molecule has 7 rings (SSSR count). The molecule has 0 N–H and O–H groups in total. The van der Waals surface area contributed by atoms with Gasteiger partial charge in [-0.1, -0.05) is 0 Å². The highest BCUT2D eigenvalue weighted by atomic mass is 19.4. The minimum absolute atomic E-state index is 0.102. The molecule has 1 saturated heterocycles. The zero-order valence-corrected chi connectivity index (χ0v) is 18.5. The monoisotopic (exact) mass is 455 g/mol. The molecule has 0 aromatic carbocycles. The highest BCUT2D eigenvalue weighted by Crippen LogP contribution is 2.78. The third-order valence-electron chi connectivity index (χ3n) is 7.46. The molecule has 1 atom stereocenters. The van der Waals surface area contributed by atoms with Crippen LogP contribution in [-0.4, -0.2) is 45.8 Å². The molecule has 4 heterocycles. The van der Waals surface area contributed by atoms with Gasteiger partial charge in [-0.2, -0.15) is 18.2 Å². The van der Waals surface area contributed by atoms with Crippen LogP contribution < -0.4 is 4.90 Å². The smallest absolute Gasteiger partial charge is 0.370 e. The van der Waals surface area contributed by atoms with Gasteiger partial charge in [0.15, 0.2) is 5.65 Å². The van der Waals surface area contributed by atoms with E-state index in [0.29, 0.717) is 37.0 Å². The number of hydrogen-bond acceptors (Lipinski definition) is 6. The topological polar surface area (TPSA) is 64.0 Å². The van der Waals surface area contributed by atoms with Gasteiger partial charge in [-0.3, -0.25) is 4.98 Å². The van der Waals surface area contributed by atoms with Crippen molar-refractivity contribution in [2.45, 2.75) is 50.8 Å². The third kappa shape index (κ3) is 3.12. The Morgan fingerprint density at radius 2 is 1.82 bits per heavy atom. The molecule has 4 fully saturated rings. The van der Waals surface area contributed by atoms with Gasteiger partial charge in [0.25, 0.3) is 0 Å². The molecule has 1 unspecified atom stereocenters. The molecule has 0 amide bonds. The average Bonchev–Trinajstić information content (AvgIpc) is 2.70. The summed E-state index contributed by atoms with van der Waals surface area (Å²) in [5, 5.41) is 0.759. The van der Waals surface area contributed by atoms with Gasteiger partial charge in [0.1, 0.15) is 6.10 Å². The van der Waals surface area contributed by atoms with Crippen molar-refractivity contribution in [3.8, 4) is 0 Å². The van der Waals surface area contributed by atoms with Crippen LogP contribution in [0.3, 0.4) is 0 Å². The van der Waals surface area contributed by atoms with E-state index in [2.05, 4.69) is 14.9 Å². The summed E-state index contributed by atoms with van der Waals surface area (Å²) in [6, 6.07) is 7.72. The van der Waals surface area contributed by atoms with E-state index in [1.165, 1.54) is 0 Å². The van der Waals surface area contributed by atoms with Crippen molar-refractivity contribution < 1.29 is 17.9 Å². The molecular formula is C24H24F3N5O. The van der Waals surface area contributed by atoms with Crippen LogP contribution in [0.25, 0.3) is 11.0 Å². The lowest BCUT2D eigenvalue weighted by atomic mass is 9.33. The van der Waals surface area contributed by atoms with E-state index < -0.39 is 17.0 Å². The number of morpholine rings is 1. The maximum atomic E-state index is 13.5. The highest BCUT2D eigenvalue weighted by Gasteiger charge is 2.79. The zero-order valence-electron chi connectivity index (χ0n) is 18.5. The fraction of sp³-hybridized carbons (Fsp3) is 0.500. The predicted molar refractivity (Wildman–Crippen MR) is 116 cm³/mol. The molecule has 2 bridgehead atoms. The minimum atomic E-state index is -4.16. The molecule has 1 aliphatic heterocycles. The van der Waals surface area contributed by atoms with Crippen LogP contribution in [0.5, 0.6) is 0 Å². The van der Waals surface area contributed by atoms with Gasteiger partial charge in [-0.25, -0.2) is 9.97 Å². The van der Waals surface area contributed by atoms with Gasteiger partial charge in [0.05, 0.1) is 24.3 Å². The molecule has 0 radical (unpaired) electrons. The third-order valence-corrected chi connectivity index (χ3v) is 7.46. The number of hydrogen-bond donors (Lipinski definition) is 0. The fourth-order valence-corrected chi connectivity index (χ4v) is 5.78. The molecule has 172 valence electrons. The lowest BCUT2D eigenvalue weighted by Gasteiger charge is -2.70. The number of aryl methyl sites for hydroxylation is 2. The Labute approximate surface area is 189 Å². The fourth-order valence-electron chi connectivity index (χ4n) is 5.78. The second-order valence-electron chi connectivity index (χ2n) is 9.82. The minimum Gasteiger partial charge on any atom is -0.370 e. The first-order valence-corrected chi connectivity index (χ1v) is 11.2. The Bertz CT molecular complexity index is 1240. The van der Waals surface area contributed by atoms with Crippen molar-refractivity contribution in [2.75, 3.05) is 24.6 Å². The second kappa shape index (κ2) is 6.85. The van der Waals surface area contributed by atoms with Gasteiger partial charge in [0.2, 0.25) is 5.95 Å². The number of ether oxygens (including phenoxy) is 1. The number of aromatic nitrogens is 4. The summed E-state index contributed by atoms with van der Waals surface area (Å²) >= 11 is 0. The van der Waals surface area contributed by atoms with Crippen molar-refractivity contribution in [1.29, 1.82) is 0 Å². The van der Waals surface area contributed by atoms with E-state index in [4.69, 9.17) is 14.7 Å². The summed E-state index contributed by atoms with van der Waals surface area (Å²) in [5.74, 6) is 0.514. The largest absolute Gasteiger partial charge is 0.394 e. The molecule has 6 nitrogen and oxygen atoms in total. The molecule has 4 aliphatic rings. The first kappa shape index (κ1) is 20.8. The van der Waals surface area contributed by atoms with Crippen molar-refractivity contribution in [2.24, 2.45) is 5.41 Å².